The minimum atomic E-state index is -0.240. The fourth-order valence-electron chi connectivity index (χ4n) is 1.40. The van der Waals surface area contributed by atoms with Crippen LogP contribution < -0.4 is 5.32 Å². The lowest BCUT2D eigenvalue weighted by Crippen LogP contribution is -2.24. The Morgan fingerprint density at radius 3 is 2.62 bits per heavy atom. The Hall–Kier alpha value is -1.38. The topological polar surface area (TPSA) is 29.1 Å². The maximum absolute atomic E-state index is 12.6. The first-order valence-corrected chi connectivity index (χ1v) is 5.73. The molecule has 2 nitrogen and oxygen atoms in total. The maximum Gasteiger partial charge on any atom is 0.220 e. The van der Waals surface area contributed by atoms with Crippen LogP contribution in [-0.4, -0.2) is 12.5 Å². The van der Waals surface area contributed by atoms with Crippen molar-refractivity contribution >= 4 is 5.91 Å². The van der Waals surface area contributed by atoms with Crippen molar-refractivity contribution in [2.75, 3.05) is 6.54 Å². The molecular formula is C13H18FNO. The van der Waals surface area contributed by atoms with Gasteiger partial charge in [-0.1, -0.05) is 25.5 Å². The van der Waals surface area contributed by atoms with Gasteiger partial charge < -0.3 is 5.32 Å². The van der Waals surface area contributed by atoms with Crippen LogP contribution >= 0.6 is 0 Å². The number of rotatable bonds is 6. The van der Waals surface area contributed by atoms with Crippen LogP contribution in [0.1, 0.15) is 31.7 Å². The lowest BCUT2D eigenvalue weighted by molar-refractivity contribution is -0.121. The summed E-state index contributed by atoms with van der Waals surface area (Å²) in [5.41, 5.74) is 0.993. The summed E-state index contributed by atoms with van der Waals surface area (Å²) < 4.78 is 12.6. The van der Waals surface area contributed by atoms with Gasteiger partial charge in [-0.05, 0) is 30.5 Å². The monoisotopic (exact) mass is 223 g/mol. The van der Waals surface area contributed by atoms with Gasteiger partial charge in [0, 0.05) is 13.0 Å². The molecule has 0 fully saturated rings. The smallest absolute Gasteiger partial charge is 0.220 e. The maximum atomic E-state index is 12.6. The van der Waals surface area contributed by atoms with Gasteiger partial charge in [-0.15, -0.1) is 0 Å². The predicted molar refractivity (Wildman–Crippen MR) is 62.6 cm³/mol. The molecule has 0 saturated heterocycles. The summed E-state index contributed by atoms with van der Waals surface area (Å²) in [6.07, 6.45) is 3.23. The Labute approximate surface area is 95.9 Å². The van der Waals surface area contributed by atoms with Gasteiger partial charge in [0.15, 0.2) is 0 Å². The lowest BCUT2D eigenvalue weighted by atomic mass is 10.1. The minimum absolute atomic E-state index is 0.0674. The molecule has 0 spiro atoms. The van der Waals surface area contributed by atoms with E-state index in [0.717, 1.165) is 24.9 Å². The molecule has 16 heavy (non-hydrogen) atoms. The highest BCUT2D eigenvalue weighted by Gasteiger charge is 2.01. The van der Waals surface area contributed by atoms with E-state index in [1.807, 2.05) is 0 Å². The molecule has 0 heterocycles. The Bertz CT molecular complexity index is 321. The van der Waals surface area contributed by atoms with E-state index in [4.69, 9.17) is 0 Å². The van der Waals surface area contributed by atoms with Crippen LogP contribution in [0.4, 0.5) is 4.39 Å². The molecule has 1 N–H and O–H groups in total. The third-order valence-corrected chi connectivity index (χ3v) is 2.41. The molecular weight excluding hydrogens is 205 g/mol. The molecule has 0 aromatic heterocycles. The Kier molecular flexibility index (Phi) is 5.54. The fraction of sp³-hybridized carbons (Fsp3) is 0.462. The van der Waals surface area contributed by atoms with Gasteiger partial charge in [0.1, 0.15) is 5.82 Å². The summed E-state index contributed by atoms with van der Waals surface area (Å²) >= 11 is 0. The number of nitrogens with one attached hydrogen (secondary N) is 1. The van der Waals surface area contributed by atoms with Crippen molar-refractivity contribution < 1.29 is 9.18 Å². The fourth-order valence-corrected chi connectivity index (χ4v) is 1.40. The average molecular weight is 223 g/mol. The van der Waals surface area contributed by atoms with Crippen LogP contribution in [0.5, 0.6) is 0 Å². The summed E-state index contributed by atoms with van der Waals surface area (Å²) in [6.45, 7) is 2.84. The van der Waals surface area contributed by atoms with Crippen LogP contribution in [0.15, 0.2) is 24.3 Å². The van der Waals surface area contributed by atoms with Gasteiger partial charge in [0.05, 0.1) is 0 Å². The minimum Gasteiger partial charge on any atom is -0.356 e. The van der Waals surface area contributed by atoms with E-state index < -0.39 is 0 Å². The quantitative estimate of drug-likeness (QED) is 0.738. The number of carbonyl (C=O) groups is 1. The SMILES string of the molecule is CCCCNC(=O)CCc1ccc(F)cc1. The molecule has 0 atom stereocenters. The second kappa shape index (κ2) is 6.99. The number of halogens is 1. The molecule has 0 radical (unpaired) electrons. The largest absolute Gasteiger partial charge is 0.356 e. The summed E-state index contributed by atoms with van der Waals surface area (Å²) in [5.74, 6) is -0.172. The average Bonchev–Trinajstić information content (AvgIpc) is 2.29. The van der Waals surface area contributed by atoms with E-state index in [9.17, 15) is 9.18 Å². The molecule has 3 heteroatoms. The van der Waals surface area contributed by atoms with Gasteiger partial charge in [0.25, 0.3) is 0 Å². The number of unbranched alkanes of at least 4 members (excludes halogenated alkanes) is 1. The zero-order valence-corrected chi connectivity index (χ0v) is 9.63. The van der Waals surface area contributed by atoms with Crippen molar-refractivity contribution in [3.63, 3.8) is 0 Å². The first-order valence-electron chi connectivity index (χ1n) is 5.73. The first kappa shape index (κ1) is 12.7. The molecule has 88 valence electrons. The predicted octanol–water partition coefficient (Wildman–Crippen LogP) is 2.67. The third-order valence-electron chi connectivity index (χ3n) is 2.41. The second-order valence-corrected chi connectivity index (χ2v) is 3.83. The van der Waals surface area contributed by atoms with E-state index in [1.54, 1.807) is 12.1 Å². The number of hydrogen-bond donors (Lipinski definition) is 1. The van der Waals surface area contributed by atoms with E-state index in [0.29, 0.717) is 12.8 Å². The molecule has 0 aliphatic heterocycles. The van der Waals surface area contributed by atoms with Gasteiger partial charge in [-0.3, -0.25) is 4.79 Å². The van der Waals surface area contributed by atoms with Crippen molar-refractivity contribution in [3.05, 3.63) is 35.6 Å². The molecule has 0 aliphatic carbocycles. The summed E-state index contributed by atoms with van der Waals surface area (Å²) in [5, 5.41) is 2.85. The molecule has 0 aliphatic rings. The number of benzene rings is 1. The van der Waals surface area contributed by atoms with Crippen molar-refractivity contribution in [3.8, 4) is 0 Å². The normalized spacial score (nSPS) is 10.1. The highest BCUT2D eigenvalue weighted by Crippen LogP contribution is 2.05. The number of amides is 1. The third kappa shape index (κ3) is 4.91. The van der Waals surface area contributed by atoms with Crippen LogP contribution in [0.25, 0.3) is 0 Å². The molecule has 1 aromatic carbocycles. The molecule has 0 saturated carbocycles. The Balaban J connectivity index is 2.23. The summed E-state index contributed by atoms with van der Waals surface area (Å²) in [4.78, 5) is 11.4. The molecule has 1 amide bonds. The Morgan fingerprint density at radius 2 is 2.00 bits per heavy atom. The van der Waals surface area contributed by atoms with Crippen LogP contribution in [0, 0.1) is 5.82 Å². The number of carbonyl (C=O) groups excluding carboxylic acids is 1. The summed E-state index contributed by atoms with van der Waals surface area (Å²) in [6, 6.07) is 6.28. The number of hydrogen-bond acceptors (Lipinski definition) is 1. The van der Waals surface area contributed by atoms with Crippen molar-refractivity contribution in [1.82, 2.24) is 5.32 Å². The number of aryl methyl sites for hydroxylation is 1. The zero-order chi connectivity index (χ0) is 11.8. The van der Waals surface area contributed by atoms with E-state index in [2.05, 4.69) is 12.2 Å². The van der Waals surface area contributed by atoms with E-state index >= 15 is 0 Å². The van der Waals surface area contributed by atoms with Gasteiger partial charge >= 0.3 is 0 Å². The molecule has 1 aromatic rings. The van der Waals surface area contributed by atoms with Crippen LogP contribution in [0.2, 0.25) is 0 Å². The van der Waals surface area contributed by atoms with E-state index in [1.165, 1.54) is 12.1 Å². The van der Waals surface area contributed by atoms with Gasteiger partial charge in [-0.2, -0.15) is 0 Å². The van der Waals surface area contributed by atoms with Gasteiger partial charge in [-0.25, -0.2) is 4.39 Å². The van der Waals surface area contributed by atoms with Gasteiger partial charge in [0.2, 0.25) is 5.91 Å². The van der Waals surface area contributed by atoms with Crippen LogP contribution in [-0.2, 0) is 11.2 Å². The molecule has 0 unspecified atom stereocenters. The van der Waals surface area contributed by atoms with Crippen molar-refractivity contribution in [1.29, 1.82) is 0 Å². The second-order valence-electron chi connectivity index (χ2n) is 3.83. The standard InChI is InChI=1S/C13H18FNO/c1-2-3-10-15-13(16)9-6-11-4-7-12(14)8-5-11/h4-5,7-8H,2-3,6,9-10H2,1H3,(H,15,16). The molecule has 1 rings (SSSR count). The van der Waals surface area contributed by atoms with Crippen molar-refractivity contribution in [2.45, 2.75) is 32.6 Å². The van der Waals surface area contributed by atoms with Crippen LogP contribution in [0.3, 0.4) is 0 Å². The lowest BCUT2D eigenvalue weighted by Gasteiger charge is -2.04. The zero-order valence-electron chi connectivity index (χ0n) is 9.63. The highest BCUT2D eigenvalue weighted by molar-refractivity contribution is 5.76. The Morgan fingerprint density at radius 1 is 1.31 bits per heavy atom. The first-order chi connectivity index (χ1) is 7.72. The summed E-state index contributed by atoms with van der Waals surface area (Å²) in [7, 11) is 0. The highest BCUT2D eigenvalue weighted by atomic mass is 19.1. The molecule has 0 bridgehead atoms. The van der Waals surface area contributed by atoms with Crippen molar-refractivity contribution in [2.24, 2.45) is 0 Å². The van der Waals surface area contributed by atoms with E-state index in [-0.39, 0.29) is 11.7 Å².